The van der Waals surface area contributed by atoms with Crippen LogP contribution in [0.15, 0.2) is 91.0 Å². The second-order valence-corrected chi connectivity index (χ2v) is 7.39. The Morgan fingerprint density at radius 3 is 1.64 bits per heavy atom. The zero-order chi connectivity index (χ0) is 23.0. The standard InChI is InChI=1S/C26H22O7/c27-24(18-10-4-1-5-11-18)30-17-22-21(32-25(28)19-12-6-2-7-13-19)16-23(31-22)33-26(29)20-14-8-3-9-15-20/h1-15,21-23H,16-17H2. The van der Waals surface area contributed by atoms with Gasteiger partial charge in [0.1, 0.15) is 18.8 Å². The highest BCUT2D eigenvalue weighted by Gasteiger charge is 2.41. The van der Waals surface area contributed by atoms with Crippen LogP contribution in [0.2, 0.25) is 0 Å². The Kier molecular flexibility index (Phi) is 7.12. The summed E-state index contributed by atoms with van der Waals surface area (Å²) in [5, 5.41) is 0. The highest BCUT2D eigenvalue weighted by atomic mass is 16.7. The molecule has 1 fully saturated rings. The normalized spacial score (nSPS) is 19.5. The van der Waals surface area contributed by atoms with Gasteiger partial charge in [0.05, 0.1) is 23.1 Å². The van der Waals surface area contributed by atoms with Crippen molar-refractivity contribution in [2.45, 2.75) is 24.9 Å². The van der Waals surface area contributed by atoms with E-state index in [1.807, 2.05) is 0 Å². The average Bonchev–Trinajstić information content (AvgIpc) is 3.24. The van der Waals surface area contributed by atoms with Crippen LogP contribution in [0, 0.1) is 0 Å². The lowest BCUT2D eigenvalue weighted by atomic mass is 10.1. The van der Waals surface area contributed by atoms with E-state index in [4.69, 9.17) is 18.9 Å². The van der Waals surface area contributed by atoms with Crippen molar-refractivity contribution in [2.75, 3.05) is 6.61 Å². The first kappa shape index (κ1) is 22.2. The fourth-order valence-electron chi connectivity index (χ4n) is 3.38. The topological polar surface area (TPSA) is 88.1 Å². The highest BCUT2D eigenvalue weighted by Crippen LogP contribution is 2.27. The van der Waals surface area contributed by atoms with Crippen LogP contribution in [0.4, 0.5) is 0 Å². The molecule has 4 rings (SSSR count). The van der Waals surface area contributed by atoms with Gasteiger partial charge in [-0.25, -0.2) is 14.4 Å². The maximum atomic E-state index is 12.6. The van der Waals surface area contributed by atoms with Crippen LogP contribution in [0.1, 0.15) is 37.5 Å². The van der Waals surface area contributed by atoms with Gasteiger partial charge >= 0.3 is 17.9 Å². The molecule has 0 radical (unpaired) electrons. The number of ether oxygens (including phenoxy) is 4. The van der Waals surface area contributed by atoms with E-state index in [0.717, 1.165) is 0 Å². The third-order valence-corrected chi connectivity index (χ3v) is 5.07. The van der Waals surface area contributed by atoms with Gasteiger partial charge in [-0.15, -0.1) is 0 Å². The summed E-state index contributed by atoms with van der Waals surface area (Å²) in [7, 11) is 0. The zero-order valence-corrected chi connectivity index (χ0v) is 17.7. The third kappa shape index (κ3) is 5.84. The number of esters is 3. The van der Waals surface area contributed by atoms with Crippen LogP contribution in [0.5, 0.6) is 0 Å². The van der Waals surface area contributed by atoms with Crippen molar-refractivity contribution in [1.82, 2.24) is 0 Å². The second kappa shape index (κ2) is 10.6. The van der Waals surface area contributed by atoms with Gasteiger partial charge in [-0.05, 0) is 36.4 Å². The first-order valence-electron chi connectivity index (χ1n) is 10.5. The summed E-state index contributed by atoms with van der Waals surface area (Å²) in [6.45, 7) is -0.167. The highest BCUT2D eigenvalue weighted by molar-refractivity contribution is 5.90. The molecule has 1 heterocycles. The molecule has 0 N–H and O–H groups in total. The Morgan fingerprint density at radius 1 is 0.667 bits per heavy atom. The molecule has 3 unspecified atom stereocenters. The summed E-state index contributed by atoms with van der Waals surface area (Å²) in [6, 6.07) is 25.5. The maximum absolute atomic E-state index is 12.6. The molecule has 3 atom stereocenters. The van der Waals surface area contributed by atoms with E-state index in [1.54, 1.807) is 91.0 Å². The van der Waals surface area contributed by atoms with Gasteiger partial charge in [0.15, 0.2) is 0 Å². The number of carbonyl (C=O) groups is 3. The SMILES string of the molecule is O=C(OCC1OC(OC(=O)c2ccccc2)CC1OC(=O)c1ccccc1)c1ccccc1. The summed E-state index contributed by atoms with van der Waals surface area (Å²) in [6.07, 6.45) is -2.40. The zero-order valence-electron chi connectivity index (χ0n) is 17.7. The molecule has 3 aromatic rings. The number of hydrogen-bond acceptors (Lipinski definition) is 7. The van der Waals surface area contributed by atoms with Gasteiger partial charge < -0.3 is 18.9 Å². The quantitative estimate of drug-likeness (QED) is 0.400. The van der Waals surface area contributed by atoms with E-state index >= 15 is 0 Å². The minimum Gasteiger partial charge on any atom is -0.459 e. The predicted octanol–water partition coefficient (Wildman–Crippen LogP) is 4.04. The Labute approximate surface area is 190 Å². The van der Waals surface area contributed by atoms with Crippen LogP contribution in [-0.4, -0.2) is 43.0 Å². The Morgan fingerprint density at radius 2 is 1.12 bits per heavy atom. The summed E-state index contributed by atoms with van der Waals surface area (Å²) < 4.78 is 22.2. The van der Waals surface area contributed by atoms with Crippen LogP contribution < -0.4 is 0 Å². The molecule has 0 bridgehead atoms. The molecular formula is C26H22O7. The smallest absolute Gasteiger partial charge is 0.340 e. The summed E-state index contributed by atoms with van der Waals surface area (Å²) in [4.78, 5) is 37.3. The molecule has 1 aliphatic rings. The molecule has 3 aromatic carbocycles. The number of rotatable bonds is 7. The molecule has 0 amide bonds. The Balaban J connectivity index is 1.43. The fourth-order valence-corrected chi connectivity index (χ4v) is 3.38. The van der Waals surface area contributed by atoms with Crippen molar-refractivity contribution < 1.29 is 33.3 Å². The van der Waals surface area contributed by atoms with Crippen LogP contribution in [0.3, 0.4) is 0 Å². The van der Waals surface area contributed by atoms with E-state index in [-0.39, 0.29) is 13.0 Å². The number of carbonyl (C=O) groups excluding carboxylic acids is 3. The molecule has 0 saturated carbocycles. The molecule has 1 saturated heterocycles. The Hall–Kier alpha value is -3.97. The largest absolute Gasteiger partial charge is 0.459 e. The molecule has 0 aliphatic carbocycles. The van der Waals surface area contributed by atoms with Crippen molar-refractivity contribution in [3.05, 3.63) is 108 Å². The van der Waals surface area contributed by atoms with Gasteiger partial charge in [-0.1, -0.05) is 54.6 Å². The van der Waals surface area contributed by atoms with Crippen LogP contribution in [0.25, 0.3) is 0 Å². The maximum Gasteiger partial charge on any atom is 0.340 e. The van der Waals surface area contributed by atoms with E-state index in [0.29, 0.717) is 16.7 Å². The van der Waals surface area contributed by atoms with Crippen molar-refractivity contribution in [3.8, 4) is 0 Å². The predicted molar refractivity (Wildman–Crippen MR) is 118 cm³/mol. The third-order valence-electron chi connectivity index (χ3n) is 5.07. The molecule has 7 heteroatoms. The van der Waals surface area contributed by atoms with Crippen molar-refractivity contribution in [2.24, 2.45) is 0 Å². The van der Waals surface area contributed by atoms with E-state index < -0.39 is 36.4 Å². The van der Waals surface area contributed by atoms with E-state index in [1.165, 1.54) is 0 Å². The van der Waals surface area contributed by atoms with Gasteiger partial charge in [-0.3, -0.25) is 0 Å². The van der Waals surface area contributed by atoms with E-state index in [2.05, 4.69) is 0 Å². The van der Waals surface area contributed by atoms with Gasteiger partial charge in [0, 0.05) is 0 Å². The lowest BCUT2D eigenvalue weighted by molar-refractivity contribution is -0.117. The van der Waals surface area contributed by atoms with Gasteiger partial charge in [0.2, 0.25) is 6.29 Å². The second-order valence-electron chi connectivity index (χ2n) is 7.39. The molecule has 0 spiro atoms. The van der Waals surface area contributed by atoms with Crippen molar-refractivity contribution in [1.29, 1.82) is 0 Å². The van der Waals surface area contributed by atoms with Gasteiger partial charge in [0.25, 0.3) is 0 Å². The molecule has 0 aromatic heterocycles. The Bertz CT molecular complexity index is 1080. The molecule has 33 heavy (non-hydrogen) atoms. The lowest BCUT2D eigenvalue weighted by Crippen LogP contribution is -2.32. The molecule has 168 valence electrons. The monoisotopic (exact) mass is 446 g/mol. The van der Waals surface area contributed by atoms with E-state index in [9.17, 15) is 14.4 Å². The average molecular weight is 446 g/mol. The van der Waals surface area contributed by atoms with Crippen LogP contribution in [-0.2, 0) is 18.9 Å². The number of hydrogen-bond donors (Lipinski definition) is 0. The minimum atomic E-state index is -0.952. The molecule has 1 aliphatic heterocycles. The first-order valence-corrected chi connectivity index (χ1v) is 10.5. The fraction of sp³-hybridized carbons (Fsp3) is 0.192. The summed E-state index contributed by atoms with van der Waals surface area (Å²) in [5.41, 5.74) is 1.14. The van der Waals surface area contributed by atoms with Crippen LogP contribution >= 0.6 is 0 Å². The van der Waals surface area contributed by atoms with Crippen molar-refractivity contribution in [3.63, 3.8) is 0 Å². The lowest BCUT2D eigenvalue weighted by Gasteiger charge is -2.18. The number of benzene rings is 3. The van der Waals surface area contributed by atoms with Gasteiger partial charge in [-0.2, -0.15) is 0 Å². The first-order chi connectivity index (χ1) is 16.1. The molecular weight excluding hydrogens is 424 g/mol. The summed E-state index contributed by atoms with van der Waals surface area (Å²) in [5.74, 6) is -1.63. The van der Waals surface area contributed by atoms with Crippen molar-refractivity contribution >= 4 is 17.9 Å². The summed E-state index contributed by atoms with van der Waals surface area (Å²) >= 11 is 0. The molecule has 7 nitrogen and oxygen atoms in total. The minimum absolute atomic E-state index is 0.116.